The summed E-state index contributed by atoms with van der Waals surface area (Å²) in [5, 5.41) is 4.05. The van der Waals surface area contributed by atoms with Crippen molar-refractivity contribution in [2.45, 2.75) is 38.4 Å². The van der Waals surface area contributed by atoms with E-state index < -0.39 is 0 Å². The molecule has 6 heteroatoms. The summed E-state index contributed by atoms with van der Waals surface area (Å²) in [6.45, 7) is 0.407. The molecule has 1 amide bonds. The van der Waals surface area contributed by atoms with Crippen molar-refractivity contribution >= 4 is 5.91 Å². The van der Waals surface area contributed by atoms with E-state index in [0.717, 1.165) is 18.5 Å². The van der Waals surface area contributed by atoms with Gasteiger partial charge < -0.3 is 4.74 Å². The fourth-order valence-corrected chi connectivity index (χ4v) is 2.15. The molecule has 17 heavy (non-hydrogen) atoms. The fraction of sp³-hybridized carbons (Fsp3) is 0.636. The van der Waals surface area contributed by atoms with Gasteiger partial charge in [0, 0.05) is 7.05 Å². The van der Waals surface area contributed by atoms with Crippen molar-refractivity contribution in [2.24, 2.45) is 12.9 Å². The Hall–Kier alpha value is -1.40. The number of amides is 1. The number of nitrogens with two attached hydrogens (primary N) is 1. The number of nitrogen functional groups attached to an aromatic ring is 1. The van der Waals surface area contributed by atoms with Gasteiger partial charge in [0.1, 0.15) is 0 Å². The molecule has 0 aliphatic heterocycles. The molecule has 1 fully saturated rings. The van der Waals surface area contributed by atoms with E-state index in [-0.39, 0.29) is 5.91 Å². The van der Waals surface area contributed by atoms with E-state index in [0.29, 0.717) is 18.3 Å². The third-order valence-electron chi connectivity index (χ3n) is 3.20. The van der Waals surface area contributed by atoms with Gasteiger partial charge >= 0.3 is 0 Å². The minimum atomic E-state index is -0.330. The van der Waals surface area contributed by atoms with Crippen LogP contribution in [-0.4, -0.2) is 21.8 Å². The highest BCUT2D eigenvalue weighted by Gasteiger charge is 2.19. The number of carbonyl (C=O) groups is 1. The first-order valence-corrected chi connectivity index (χ1v) is 5.85. The lowest BCUT2D eigenvalue weighted by atomic mass is 10.2. The zero-order valence-corrected chi connectivity index (χ0v) is 9.98. The lowest BCUT2D eigenvalue weighted by molar-refractivity contribution is 0.0414. The molecule has 1 saturated carbocycles. The lowest BCUT2D eigenvalue weighted by Crippen LogP contribution is -2.30. The maximum atomic E-state index is 11.5. The molecule has 1 aliphatic carbocycles. The minimum Gasteiger partial charge on any atom is -0.372 e. The molecule has 1 aromatic heterocycles. The molecule has 0 unspecified atom stereocenters. The minimum absolute atomic E-state index is 0.318. The van der Waals surface area contributed by atoms with Crippen molar-refractivity contribution in [1.29, 1.82) is 0 Å². The van der Waals surface area contributed by atoms with Gasteiger partial charge in [0.2, 0.25) is 0 Å². The number of hydrogen-bond acceptors (Lipinski definition) is 4. The lowest BCUT2D eigenvalue weighted by Gasteiger charge is -2.12. The molecule has 1 aromatic rings. The van der Waals surface area contributed by atoms with Crippen molar-refractivity contribution in [2.75, 3.05) is 0 Å². The van der Waals surface area contributed by atoms with Crippen LogP contribution in [0.15, 0.2) is 6.20 Å². The van der Waals surface area contributed by atoms with E-state index in [1.165, 1.54) is 19.0 Å². The zero-order valence-electron chi connectivity index (χ0n) is 9.98. The van der Waals surface area contributed by atoms with E-state index in [1.807, 2.05) is 0 Å². The number of hydrogen-bond donors (Lipinski definition) is 2. The third-order valence-corrected chi connectivity index (χ3v) is 3.20. The summed E-state index contributed by atoms with van der Waals surface area (Å²) < 4.78 is 7.43. The Morgan fingerprint density at radius 1 is 1.65 bits per heavy atom. The average molecular weight is 238 g/mol. The van der Waals surface area contributed by atoms with E-state index in [1.54, 1.807) is 11.7 Å². The number of aromatic nitrogens is 2. The molecule has 0 radical (unpaired) electrons. The molecule has 1 aliphatic rings. The summed E-state index contributed by atoms with van der Waals surface area (Å²) in [7, 11) is 1.79. The summed E-state index contributed by atoms with van der Waals surface area (Å²) in [6.07, 6.45) is 6.50. The summed E-state index contributed by atoms with van der Waals surface area (Å²) in [5.74, 6) is 4.79. The zero-order chi connectivity index (χ0) is 12.3. The van der Waals surface area contributed by atoms with Crippen molar-refractivity contribution in [3.05, 3.63) is 17.5 Å². The molecular weight excluding hydrogens is 220 g/mol. The van der Waals surface area contributed by atoms with E-state index >= 15 is 0 Å². The standard InChI is InChI=1S/C11H18N4O2/c1-15-10(7-17-8-4-2-3-5-8)9(6-13-15)11(16)14-12/h6,8H,2-5,7,12H2,1H3,(H,14,16). The second-order valence-electron chi connectivity index (χ2n) is 4.32. The highest BCUT2D eigenvalue weighted by molar-refractivity contribution is 5.94. The predicted octanol–water partition coefficient (Wildman–Crippen LogP) is 0.483. The summed E-state index contributed by atoms with van der Waals surface area (Å²) in [6, 6.07) is 0. The monoisotopic (exact) mass is 238 g/mol. The molecule has 0 saturated heterocycles. The van der Waals surface area contributed by atoms with Gasteiger partial charge in [-0.25, -0.2) is 5.84 Å². The van der Waals surface area contributed by atoms with Gasteiger partial charge in [0.05, 0.1) is 30.2 Å². The Kier molecular flexibility index (Phi) is 3.75. The van der Waals surface area contributed by atoms with Gasteiger partial charge in [-0.05, 0) is 12.8 Å². The van der Waals surface area contributed by atoms with Crippen molar-refractivity contribution < 1.29 is 9.53 Å². The number of aryl methyl sites for hydroxylation is 1. The van der Waals surface area contributed by atoms with Crippen LogP contribution in [0, 0.1) is 0 Å². The first-order chi connectivity index (χ1) is 8.22. The van der Waals surface area contributed by atoms with Gasteiger partial charge in [-0.2, -0.15) is 5.10 Å². The number of rotatable bonds is 4. The largest absolute Gasteiger partial charge is 0.372 e. The van der Waals surface area contributed by atoms with Crippen LogP contribution in [0.5, 0.6) is 0 Å². The Bertz CT molecular complexity index is 396. The highest BCUT2D eigenvalue weighted by atomic mass is 16.5. The van der Waals surface area contributed by atoms with Gasteiger partial charge in [0.15, 0.2) is 0 Å². The molecule has 0 bridgehead atoms. The van der Waals surface area contributed by atoms with Gasteiger partial charge in [-0.3, -0.25) is 14.9 Å². The third kappa shape index (κ3) is 2.65. The first-order valence-electron chi connectivity index (χ1n) is 5.85. The highest BCUT2D eigenvalue weighted by Crippen LogP contribution is 2.22. The van der Waals surface area contributed by atoms with Crippen LogP contribution in [0.1, 0.15) is 41.7 Å². The number of nitrogens with zero attached hydrogens (tertiary/aromatic N) is 2. The molecule has 3 N–H and O–H groups in total. The molecule has 1 heterocycles. The maximum Gasteiger partial charge on any atom is 0.268 e. The van der Waals surface area contributed by atoms with E-state index in [9.17, 15) is 4.79 Å². The van der Waals surface area contributed by atoms with Crippen LogP contribution in [0.3, 0.4) is 0 Å². The number of hydrazine groups is 1. The van der Waals surface area contributed by atoms with Gasteiger partial charge in [-0.15, -0.1) is 0 Å². The van der Waals surface area contributed by atoms with Crippen LogP contribution >= 0.6 is 0 Å². The van der Waals surface area contributed by atoms with Crippen LogP contribution in [0.25, 0.3) is 0 Å². The summed E-state index contributed by atoms with van der Waals surface area (Å²) >= 11 is 0. The normalized spacial score (nSPS) is 16.4. The quantitative estimate of drug-likeness (QED) is 0.454. The number of ether oxygens (including phenoxy) is 1. The molecule has 0 spiro atoms. The molecule has 0 atom stereocenters. The Morgan fingerprint density at radius 2 is 2.35 bits per heavy atom. The molecular formula is C11H18N4O2. The van der Waals surface area contributed by atoms with Gasteiger partial charge in [-0.1, -0.05) is 12.8 Å². The van der Waals surface area contributed by atoms with Crippen LogP contribution in [0.4, 0.5) is 0 Å². The SMILES string of the molecule is Cn1ncc(C(=O)NN)c1COC1CCCC1. The molecule has 94 valence electrons. The number of carbonyl (C=O) groups excluding carboxylic acids is 1. The average Bonchev–Trinajstić information content (AvgIpc) is 2.95. The van der Waals surface area contributed by atoms with Crippen LogP contribution < -0.4 is 11.3 Å². The van der Waals surface area contributed by atoms with Crippen LogP contribution in [0.2, 0.25) is 0 Å². The fourth-order valence-electron chi connectivity index (χ4n) is 2.15. The summed E-state index contributed by atoms with van der Waals surface area (Å²) in [5.41, 5.74) is 3.36. The second kappa shape index (κ2) is 5.29. The van der Waals surface area contributed by atoms with Crippen molar-refractivity contribution in [3.8, 4) is 0 Å². The van der Waals surface area contributed by atoms with Gasteiger partial charge in [0.25, 0.3) is 5.91 Å². The van der Waals surface area contributed by atoms with Crippen molar-refractivity contribution in [3.63, 3.8) is 0 Å². The maximum absolute atomic E-state index is 11.5. The Labute approximate surface area is 100 Å². The molecule has 6 nitrogen and oxygen atoms in total. The Morgan fingerprint density at radius 3 is 3.00 bits per heavy atom. The van der Waals surface area contributed by atoms with E-state index in [2.05, 4.69) is 10.5 Å². The van der Waals surface area contributed by atoms with Crippen LogP contribution in [-0.2, 0) is 18.4 Å². The topological polar surface area (TPSA) is 82.2 Å². The van der Waals surface area contributed by atoms with Crippen molar-refractivity contribution in [1.82, 2.24) is 15.2 Å². The molecule has 0 aromatic carbocycles. The first kappa shape index (κ1) is 12.1. The smallest absolute Gasteiger partial charge is 0.268 e. The molecule has 2 rings (SSSR count). The van der Waals surface area contributed by atoms with E-state index in [4.69, 9.17) is 10.6 Å². The second-order valence-corrected chi connectivity index (χ2v) is 4.32. The summed E-state index contributed by atoms with van der Waals surface area (Å²) in [4.78, 5) is 11.5. The predicted molar refractivity (Wildman–Crippen MR) is 61.9 cm³/mol. The Balaban J connectivity index is 2.03. The number of nitrogens with one attached hydrogen (secondary N) is 1.